The molecule has 4 N–H and O–H groups in total. The Morgan fingerprint density at radius 2 is 2.29 bits per heavy atom. The molecule has 1 aromatic rings. The number of nitrogens with two attached hydrogens (primary N) is 1. The van der Waals surface area contributed by atoms with E-state index in [4.69, 9.17) is 10.5 Å². The summed E-state index contributed by atoms with van der Waals surface area (Å²) in [6.07, 6.45) is -0.792. The Labute approximate surface area is 105 Å². The van der Waals surface area contributed by atoms with Crippen molar-refractivity contribution in [2.75, 3.05) is 18.9 Å². The first-order valence-electron chi connectivity index (χ1n) is 5.10. The van der Waals surface area contributed by atoms with Crippen LogP contribution < -0.4 is 11.1 Å². The minimum atomic E-state index is -0.792. The van der Waals surface area contributed by atoms with Gasteiger partial charge in [-0.25, -0.2) is 4.39 Å². The van der Waals surface area contributed by atoms with Crippen LogP contribution in [-0.2, 0) is 10.3 Å². The number of nitrogens with one attached hydrogen (secondary N) is 1. The molecule has 1 aliphatic rings. The van der Waals surface area contributed by atoms with Crippen LogP contribution in [0.25, 0.3) is 0 Å². The van der Waals surface area contributed by atoms with Crippen molar-refractivity contribution >= 4 is 18.1 Å². The van der Waals surface area contributed by atoms with Crippen LogP contribution in [-0.4, -0.2) is 24.5 Å². The molecule has 96 valence electrons. The van der Waals surface area contributed by atoms with E-state index in [9.17, 15) is 9.50 Å². The monoisotopic (exact) mass is 262 g/mol. The summed E-state index contributed by atoms with van der Waals surface area (Å²) >= 11 is 0. The van der Waals surface area contributed by atoms with Gasteiger partial charge in [0.2, 0.25) is 0 Å². The second-order valence-electron chi connectivity index (χ2n) is 4.25. The van der Waals surface area contributed by atoms with Crippen LogP contribution in [0, 0.1) is 5.82 Å². The van der Waals surface area contributed by atoms with E-state index in [0.717, 1.165) is 0 Å². The van der Waals surface area contributed by atoms with Gasteiger partial charge in [0.25, 0.3) is 0 Å². The number of ether oxygens (including phenoxy) is 1. The molecule has 0 aromatic heterocycles. The third-order valence-electron chi connectivity index (χ3n) is 2.74. The molecule has 1 aromatic carbocycles. The van der Waals surface area contributed by atoms with Crippen molar-refractivity contribution in [3.63, 3.8) is 0 Å². The molecule has 0 saturated carbocycles. The zero-order valence-electron chi connectivity index (χ0n) is 9.44. The van der Waals surface area contributed by atoms with E-state index in [0.29, 0.717) is 17.9 Å². The number of aliphatic hydroxyl groups excluding tert-OH is 1. The number of morpholine rings is 1. The fraction of sp³-hybridized carbons (Fsp3) is 0.455. The standard InChI is InChI=1S/C11H15FN2O2.ClH/c1-11(6-16-5-10(15)14-11)8-4-7(13)2-3-9(8)12;/h2-4,10,14-15H,5-6,13H2,1H3;1H/t10?,11-;/m1./s1. The molecular weight excluding hydrogens is 247 g/mol. The molecule has 0 bridgehead atoms. The van der Waals surface area contributed by atoms with Crippen molar-refractivity contribution in [3.8, 4) is 0 Å². The number of benzene rings is 1. The smallest absolute Gasteiger partial charge is 0.129 e. The zero-order valence-corrected chi connectivity index (χ0v) is 10.3. The third kappa shape index (κ3) is 2.87. The van der Waals surface area contributed by atoms with Gasteiger partial charge in [0.05, 0.1) is 18.8 Å². The van der Waals surface area contributed by atoms with Crippen LogP contribution >= 0.6 is 12.4 Å². The largest absolute Gasteiger partial charge is 0.399 e. The van der Waals surface area contributed by atoms with Crippen LogP contribution in [0.4, 0.5) is 10.1 Å². The summed E-state index contributed by atoms with van der Waals surface area (Å²) in [5.74, 6) is -0.359. The first-order chi connectivity index (χ1) is 7.51. The van der Waals surface area contributed by atoms with Gasteiger partial charge in [0.1, 0.15) is 12.0 Å². The number of nitrogen functional groups attached to an aromatic ring is 1. The summed E-state index contributed by atoms with van der Waals surface area (Å²) in [5, 5.41) is 12.4. The molecule has 1 fully saturated rings. The Balaban J connectivity index is 0.00000144. The second-order valence-corrected chi connectivity index (χ2v) is 4.25. The van der Waals surface area contributed by atoms with Gasteiger partial charge in [-0.05, 0) is 25.1 Å². The van der Waals surface area contributed by atoms with Gasteiger partial charge in [-0.2, -0.15) is 0 Å². The van der Waals surface area contributed by atoms with Crippen molar-refractivity contribution in [1.29, 1.82) is 0 Å². The van der Waals surface area contributed by atoms with Crippen molar-refractivity contribution < 1.29 is 14.2 Å². The molecule has 1 saturated heterocycles. The first kappa shape index (κ1) is 14.2. The van der Waals surface area contributed by atoms with Gasteiger partial charge in [0.15, 0.2) is 0 Å². The lowest BCUT2D eigenvalue weighted by Gasteiger charge is -2.38. The molecule has 1 aliphatic heterocycles. The number of hydrogen-bond donors (Lipinski definition) is 3. The van der Waals surface area contributed by atoms with Gasteiger partial charge in [-0.15, -0.1) is 12.4 Å². The van der Waals surface area contributed by atoms with Crippen LogP contribution in [0.15, 0.2) is 18.2 Å². The summed E-state index contributed by atoms with van der Waals surface area (Å²) in [4.78, 5) is 0. The van der Waals surface area contributed by atoms with E-state index in [1.807, 2.05) is 0 Å². The quantitative estimate of drug-likeness (QED) is 0.660. The van der Waals surface area contributed by atoms with E-state index >= 15 is 0 Å². The van der Waals surface area contributed by atoms with Crippen LogP contribution in [0.1, 0.15) is 12.5 Å². The minimum absolute atomic E-state index is 0. The van der Waals surface area contributed by atoms with Gasteiger partial charge >= 0.3 is 0 Å². The van der Waals surface area contributed by atoms with Gasteiger partial charge in [-0.1, -0.05) is 0 Å². The zero-order chi connectivity index (χ0) is 11.8. The minimum Gasteiger partial charge on any atom is -0.399 e. The number of anilines is 1. The molecule has 0 radical (unpaired) electrons. The molecule has 0 aliphatic carbocycles. The van der Waals surface area contributed by atoms with Crippen LogP contribution in [0.3, 0.4) is 0 Å². The Bertz CT molecular complexity index is 405. The molecular formula is C11H16ClFN2O2. The molecule has 4 nitrogen and oxygen atoms in total. The fourth-order valence-corrected chi connectivity index (χ4v) is 1.95. The predicted molar refractivity (Wildman–Crippen MR) is 65.4 cm³/mol. The molecule has 2 atom stereocenters. The first-order valence-corrected chi connectivity index (χ1v) is 5.10. The molecule has 2 rings (SSSR count). The van der Waals surface area contributed by atoms with Crippen molar-refractivity contribution in [1.82, 2.24) is 5.32 Å². The van der Waals surface area contributed by atoms with E-state index < -0.39 is 11.8 Å². The summed E-state index contributed by atoms with van der Waals surface area (Å²) in [5.41, 5.74) is 5.77. The average Bonchev–Trinajstić information content (AvgIpc) is 2.21. The van der Waals surface area contributed by atoms with Crippen LogP contribution in [0.5, 0.6) is 0 Å². The topological polar surface area (TPSA) is 67.5 Å². The SMILES string of the molecule is C[C@]1(c2cc(N)ccc2F)COCC(O)N1.Cl. The van der Waals surface area contributed by atoms with Gasteiger partial charge in [0, 0.05) is 11.3 Å². The van der Waals surface area contributed by atoms with Crippen molar-refractivity contribution in [2.45, 2.75) is 18.7 Å². The molecule has 1 unspecified atom stereocenters. The normalized spacial score (nSPS) is 28.5. The number of aliphatic hydroxyl groups is 1. The number of hydrogen-bond acceptors (Lipinski definition) is 4. The molecule has 0 amide bonds. The molecule has 17 heavy (non-hydrogen) atoms. The van der Waals surface area contributed by atoms with Gasteiger partial charge < -0.3 is 15.6 Å². The van der Waals surface area contributed by atoms with Crippen molar-refractivity contribution in [2.24, 2.45) is 0 Å². The highest BCUT2D eigenvalue weighted by molar-refractivity contribution is 5.85. The number of rotatable bonds is 1. The Morgan fingerprint density at radius 1 is 1.59 bits per heavy atom. The predicted octanol–water partition coefficient (Wildman–Crippen LogP) is 0.983. The summed E-state index contributed by atoms with van der Waals surface area (Å²) < 4.78 is 18.9. The van der Waals surface area contributed by atoms with E-state index in [1.165, 1.54) is 12.1 Å². The lowest BCUT2D eigenvalue weighted by atomic mass is 9.91. The molecule has 0 spiro atoms. The van der Waals surface area contributed by atoms with E-state index in [-0.39, 0.29) is 24.8 Å². The van der Waals surface area contributed by atoms with E-state index in [1.54, 1.807) is 13.0 Å². The fourth-order valence-electron chi connectivity index (χ4n) is 1.95. The second kappa shape index (κ2) is 5.18. The highest BCUT2D eigenvalue weighted by Crippen LogP contribution is 2.28. The Morgan fingerprint density at radius 3 is 2.94 bits per heavy atom. The lowest BCUT2D eigenvalue weighted by Crippen LogP contribution is -2.55. The Hall–Kier alpha value is -0.880. The maximum absolute atomic E-state index is 13.7. The van der Waals surface area contributed by atoms with Gasteiger partial charge in [-0.3, -0.25) is 5.32 Å². The highest BCUT2D eigenvalue weighted by atomic mass is 35.5. The summed E-state index contributed by atoms with van der Waals surface area (Å²) in [6, 6.07) is 4.38. The molecule has 6 heteroatoms. The average molecular weight is 263 g/mol. The Kier molecular flexibility index (Phi) is 4.32. The lowest BCUT2D eigenvalue weighted by molar-refractivity contribution is -0.0716. The summed E-state index contributed by atoms with van der Waals surface area (Å²) in [7, 11) is 0. The third-order valence-corrected chi connectivity index (χ3v) is 2.74. The molecule has 1 heterocycles. The van der Waals surface area contributed by atoms with Crippen molar-refractivity contribution in [3.05, 3.63) is 29.6 Å². The summed E-state index contributed by atoms with van der Waals surface area (Å²) in [6.45, 7) is 2.27. The van der Waals surface area contributed by atoms with Crippen LogP contribution in [0.2, 0.25) is 0 Å². The maximum atomic E-state index is 13.7. The maximum Gasteiger partial charge on any atom is 0.129 e. The number of halogens is 2. The highest BCUT2D eigenvalue weighted by Gasteiger charge is 2.35. The van der Waals surface area contributed by atoms with E-state index in [2.05, 4.69) is 5.32 Å².